The fourth-order valence-corrected chi connectivity index (χ4v) is 1.25. The normalized spacial score (nSPS) is 10.1. The number of methoxy groups -OCH3 is 1. The van der Waals surface area contributed by atoms with Crippen LogP contribution in [0.25, 0.3) is 0 Å². The van der Waals surface area contributed by atoms with Crippen LogP contribution in [0.4, 0.5) is 0 Å². The SMILES string of the molecule is CCNC(=S)N/N=C\c1ccc(OC)cc1. The van der Waals surface area contributed by atoms with E-state index in [4.69, 9.17) is 17.0 Å². The molecule has 0 aliphatic rings. The monoisotopic (exact) mass is 237 g/mol. The summed E-state index contributed by atoms with van der Waals surface area (Å²) in [7, 11) is 1.64. The van der Waals surface area contributed by atoms with E-state index >= 15 is 0 Å². The van der Waals surface area contributed by atoms with Crippen LogP contribution in [0.5, 0.6) is 5.75 Å². The topological polar surface area (TPSA) is 45.7 Å². The Bertz CT molecular complexity index is 362. The lowest BCUT2D eigenvalue weighted by Gasteiger charge is -2.02. The van der Waals surface area contributed by atoms with E-state index in [1.165, 1.54) is 0 Å². The zero-order valence-electron chi connectivity index (χ0n) is 9.36. The number of rotatable bonds is 4. The standard InChI is InChI=1S/C11H15N3OS/c1-3-12-11(16)14-13-8-9-4-6-10(15-2)7-5-9/h4-8H,3H2,1-2H3,(H2,12,14,16)/b13-8-. The van der Waals surface area contributed by atoms with Gasteiger partial charge in [-0.1, -0.05) is 0 Å². The molecule has 0 amide bonds. The van der Waals surface area contributed by atoms with Crippen LogP contribution < -0.4 is 15.5 Å². The van der Waals surface area contributed by atoms with E-state index < -0.39 is 0 Å². The van der Waals surface area contributed by atoms with Crippen LogP contribution in [-0.4, -0.2) is 25.0 Å². The lowest BCUT2D eigenvalue weighted by Crippen LogP contribution is -2.31. The van der Waals surface area contributed by atoms with Crippen molar-refractivity contribution in [2.75, 3.05) is 13.7 Å². The van der Waals surface area contributed by atoms with Gasteiger partial charge in [-0.3, -0.25) is 5.43 Å². The molecule has 0 unspecified atom stereocenters. The second-order valence-corrected chi connectivity index (χ2v) is 3.41. The van der Waals surface area contributed by atoms with E-state index in [1.54, 1.807) is 13.3 Å². The lowest BCUT2D eigenvalue weighted by molar-refractivity contribution is 0.415. The molecule has 0 spiro atoms. The number of hydrazone groups is 1. The van der Waals surface area contributed by atoms with Crippen LogP contribution in [0, 0.1) is 0 Å². The average Bonchev–Trinajstić information content (AvgIpc) is 2.30. The minimum atomic E-state index is 0.521. The summed E-state index contributed by atoms with van der Waals surface area (Å²) in [5.74, 6) is 0.827. The summed E-state index contributed by atoms with van der Waals surface area (Å²) in [6, 6.07) is 7.59. The molecule has 0 aliphatic carbocycles. The summed E-state index contributed by atoms with van der Waals surface area (Å²) in [4.78, 5) is 0. The molecule has 1 rings (SSSR count). The molecule has 86 valence electrons. The Morgan fingerprint density at radius 1 is 1.44 bits per heavy atom. The minimum Gasteiger partial charge on any atom is -0.497 e. The number of hydrogen-bond donors (Lipinski definition) is 2. The molecule has 16 heavy (non-hydrogen) atoms. The number of nitrogens with one attached hydrogen (secondary N) is 2. The molecule has 0 bridgehead atoms. The zero-order chi connectivity index (χ0) is 11.8. The highest BCUT2D eigenvalue weighted by Crippen LogP contribution is 2.09. The predicted molar refractivity (Wildman–Crippen MR) is 70.0 cm³/mol. The van der Waals surface area contributed by atoms with Gasteiger partial charge in [0.15, 0.2) is 5.11 Å². The molecule has 0 fully saturated rings. The maximum absolute atomic E-state index is 5.05. The number of thiocarbonyl (C=S) groups is 1. The van der Waals surface area contributed by atoms with Crippen LogP contribution in [0.1, 0.15) is 12.5 Å². The molecule has 0 aromatic heterocycles. The number of nitrogens with zero attached hydrogens (tertiary/aromatic N) is 1. The second kappa shape index (κ2) is 6.79. The van der Waals surface area contributed by atoms with Gasteiger partial charge in [-0.15, -0.1) is 0 Å². The van der Waals surface area contributed by atoms with Gasteiger partial charge in [0.2, 0.25) is 0 Å². The summed E-state index contributed by atoms with van der Waals surface area (Å²) in [5, 5.41) is 7.45. The van der Waals surface area contributed by atoms with Crippen molar-refractivity contribution in [1.29, 1.82) is 0 Å². The van der Waals surface area contributed by atoms with Crippen molar-refractivity contribution in [3.8, 4) is 5.75 Å². The smallest absolute Gasteiger partial charge is 0.186 e. The average molecular weight is 237 g/mol. The molecule has 0 atom stereocenters. The quantitative estimate of drug-likeness (QED) is 0.473. The molecule has 2 N–H and O–H groups in total. The van der Waals surface area contributed by atoms with Gasteiger partial charge in [0.05, 0.1) is 13.3 Å². The van der Waals surface area contributed by atoms with Crippen LogP contribution in [0.3, 0.4) is 0 Å². The first kappa shape index (κ1) is 12.4. The van der Waals surface area contributed by atoms with Crippen LogP contribution in [0.15, 0.2) is 29.4 Å². The maximum atomic E-state index is 5.05. The Morgan fingerprint density at radius 3 is 2.69 bits per heavy atom. The first-order valence-corrected chi connectivity index (χ1v) is 5.38. The summed E-state index contributed by atoms with van der Waals surface area (Å²) < 4.78 is 5.05. The Labute approximate surface area is 101 Å². The fourth-order valence-electron chi connectivity index (χ4n) is 1.06. The zero-order valence-corrected chi connectivity index (χ0v) is 10.2. The molecular weight excluding hydrogens is 222 g/mol. The summed E-state index contributed by atoms with van der Waals surface area (Å²) >= 11 is 4.95. The fraction of sp³-hybridized carbons (Fsp3) is 0.273. The molecule has 0 aliphatic heterocycles. The highest BCUT2D eigenvalue weighted by atomic mass is 32.1. The van der Waals surface area contributed by atoms with Crippen molar-refractivity contribution < 1.29 is 4.74 Å². The Morgan fingerprint density at radius 2 is 2.12 bits per heavy atom. The Kier molecular flexibility index (Phi) is 5.28. The molecule has 0 radical (unpaired) electrons. The second-order valence-electron chi connectivity index (χ2n) is 3.00. The van der Waals surface area contributed by atoms with Crippen LogP contribution in [-0.2, 0) is 0 Å². The van der Waals surface area contributed by atoms with Crippen LogP contribution in [0.2, 0.25) is 0 Å². The van der Waals surface area contributed by atoms with Crippen molar-refractivity contribution in [3.05, 3.63) is 29.8 Å². The molecule has 5 heteroatoms. The Hall–Kier alpha value is -1.62. The number of benzene rings is 1. The molecular formula is C11H15N3OS. The predicted octanol–water partition coefficient (Wildman–Crippen LogP) is 1.51. The van der Waals surface area contributed by atoms with Gasteiger partial charge in [-0.05, 0) is 49.0 Å². The van der Waals surface area contributed by atoms with E-state index in [9.17, 15) is 0 Å². The van der Waals surface area contributed by atoms with E-state index in [0.29, 0.717) is 5.11 Å². The highest BCUT2D eigenvalue weighted by molar-refractivity contribution is 7.80. The molecule has 0 heterocycles. The third-order valence-corrected chi connectivity index (χ3v) is 2.07. The van der Waals surface area contributed by atoms with Crippen molar-refractivity contribution in [1.82, 2.24) is 10.7 Å². The first-order valence-electron chi connectivity index (χ1n) is 4.97. The largest absolute Gasteiger partial charge is 0.497 e. The molecule has 1 aromatic carbocycles. The highest BCUT2D eigenvalue weighted by Gasteiger charge is 1.91. The summed E-state index contributed by atoms with van der Waals surface area (Å²) in [6.45, 7) is 2.76. The Balaban J connectivity index is 2.46. The van der Waals surface area contributed by atoms with Crippen molar-refractivity contribution in [2.24, 2.45) is 5.10 Å². The minimum absolute atomic E-state index is 0.521. The van der Waals surface area contributed by atoms with Gasteiger partial charge in [0, 0.05) is 6.54 Å². The van der Waals surface area contributed by atoms with E-state index in [0.717, 1.165) is 17.9 Å². The van der Waals surface area contributed by atoms with Gasteiger partial charge in [-0.2, -0.15) is 5.10 Å². The molecule has 4 nitrogen and oxygen atoms in total. The third kappa shape index (κ3) is 4.27. The molecule has 0 saturated carbocycles. The van der Waals surface area contributed by atoms with Gasteiger partial charge >= 0.3 is 0 Å². The molecule has 1 aromatic rings. The number of ether oxygens (including phenoxy) is 1. The van der Waals surface area contributed by atoms with Gasteiger partial charge in [-0.25, -0.2) is 0 Å². The van der Waals surface area contributed by atoms with Crippen LogP contribution >= 0.6 is 12.2 Å². The summed E-state index contributed by atoms with van der Waals surface area (Å²) in [5.41, 5.74) is 3.70. The van der Waals surface area contributed by atoms with E-state index in [2.05, 4.69) is 15.8 Å². The van der Waals surface area contributed by atoms with Crippen molar-refractivity contribution in [3.63, 3.8) is 0 Å². The van der Waals surface area contributed by atoms with Gasteiger partial charge < -0.3 is 10.1 Å². The number of hydrogen-bond acceptors (Lipinski definition) is 3. The van der Waals surface area contributed by atoms with Gasteiger partial charge in [0.25, 0.3) is 0 Å². The van der Waals surface area contributed by atoms with E-state index in [-0.39, 0.29) is 0 Å². The van der Waals surface area contributed by atoms with E-state index in [1.807, 2.05) is 31.2 Å². The van der Waals surface area contributed by atoms with Crippen molar-refractivity contribution >= 4 is 23.5 Å². The van der Waals surface area contributed by atoms with Crippen molar-refractivity contribution in [2.45, 2.75) is 6.92 Å². The maximum Gasteiger partial charge on any atom is 0.186 e. The first-order chi connectivity index (χ1) is 7.76. The summed E-state index contributed by atoms with van der Waals surface area (Å²) in [6.07, 6.45) is 1.70. The lowest BCUT2D eigenvalue weighted by atomic mass is 10.2. The third-order valence-electron chi connectivity index (χ3n) is 1.83. The van der Waals surface area contributed by atoms with Gasteiger partial charge in [0.1, 0.15) is 5.75 Å². The molecule has 0 saturated heterocycles.